The number of nitrogens with one attached hydrogen (secondary N) is 1. The van der Waals surface area contributed by atoms with Gasteiger partial charge in [0.25, 0.3) is 5.91 Å². The van der Waals surface area contributed by atoms with E-state index >= 15 is 0 Å². The molecular formula is C14H16FNO5. The molecule has 1 saturated heterocycles. The van der Waals surface area contributed by atoms with Gasteiger partial charge in [0.2, 0.25) is 0 Å². The van der Waals surface area contributed by atoms with Gasteiger partial charge in [0.15, 0.2) is 6.61 Å². The van der Waals surface area contributed by atoms with Crippen molar-refractivity contribution in [3.05, 3.63) is 29.6 Å². The van der Waals surface area contributed by atoms with Gasteiger partial charge in [-0.05, 0) is 25.0 Å². The molecule has 1 fully saturated rings. The van der Waals surface area contributed by atoms with E-state index in [1.54, 1.807) is 0 Å². The van der Waals surface area contributed by atoms with Crippen LogP contribution < -0.4 is 10.1 Å². The quantitative estimate of drug-likeness (QED) is 0.853. The Balaban J connectivity index is 1.87. The number of carbonyl (C=O) groups excluding carboxylic acids is 1. The van der Waals surface area contributed by atoms with Crippen LogP contribution in [-0.4, -0.2) is 42.8 Å². The first kappa shape index (κ1) is 15.2. The minimum absolute atomic E-state index is 0.00882. The van der Waals surface area contributed by atoms with Crippen LogP contribution in [0.1, 0.15) is 23.2 Å². The number of hydrogen-bond acceptors (Lipinski definition) is 4. The van der Waals surface area contributed by atoms with Crippen molar-refractivity contribution in [2.75, 3.05) is 19.8 Å². The van der Waals surface area contributed by atoms with Crippen molar-refractivity contribution in [2.24, 2.45) is 0 Å². The molecule has 114 valence electrons. The third kappa shape index (κ3) is 4.71. The monoisotopic (exact) mass is 297 g/mol. The average Bonchev–Trinajstić information content (AvgIpc) is 2.45. The van der Waals surface area contributed by atoms with Crippen LogP contribution >= 0.6 is 0 Å². The van der Waals surface area contributed by atoms with Gasteiger partial charge in [-0.1, -0.05) is 0 Å². The summed E-state index contributed by atoms with van der Waals surface area (Å²) in [6.07, 6.45) is 1.49. The van der Waals surface area contributed by atoms with Crippen LogP contribution in [0.25, 0.3) is 0 Å². The van der Waals surface area contributed by atoms with Gasteiger partial charge in [-0.25, -0.2) is 9.18 Å². The molecule has 1 heterocycles. The highest BCUT2D eigenvalue weighted by atomic mass is 19.1. The third-order valence-electron chi connectivity index (χ3n) is 3.07. The van der Waals surface area contributed by atoms with E-state index in [0.29, 0.717) is 13.2 Å². The zero-order chi connectivity index (χ0) is 15.2. The SMILES string of the molecule is O=C(COc1cc(F)cc(C(=O)O)c1)NC1CCOCC1. The zero-order valence-electron chi connectivity index (χ0n) is 11.3. The maximum Gasteiger partial charge on any atom is 0.335 e. The van der Waals surface area contributed by atoms with Crippen molar-refractivity contribution in [1.29, 1.82) is 0 Å². The second-order valence-electron chi connectivity index (χ2n) is 4.72. The molecule has 0 spiro atoms. The Bertz CT molecular complexity index is 528. The lowest BCUT2D eigenvalue weighted by Crippen LogP contribution is -2.41. The molecule has 0 aliphatic carbocycles. The maximum atomic E-state index is 13.2. The molecule has 0 atom stereocenters. The molecule has 1 aromatic rings. The first-order valence-electron chi connectivity index (χ1n) is 6.58. The van der Waals surface area contributed by atoms with Gasteiger partial charge < -0.3 is 19.9 Å². The van der Waals surface area contributed by atoms with Crippen LogP contribution in [-0.2, 0) is 9.53 Å². The fourth-order valence-electron chi connectivity index (χ4n) is 2.03. The molecule has 0 unspecified atom stereocenters. The van der Waals surface area contributed by atoms with Crippen LogP contribution in [0, 0.1) is 5.82 Å². The number of hydrogen-bond donors (Lipinski definition) is 2. The maximum absolute atomic E-state index is 13.2. The number of rotatable bonds is 5. The van der Waals surface area contributed by atoms with E-state index in [-0.39, 0.29) is 29.9 Å². The lowest BCUT2D eigenvalue weighted by molar-refractivity contribution is -0.124. The summed E-state index contributed by atoms with van der Waals surface area (Å²) in [5, 5.41) is 11.6. The van der Waals surface area contributed by atoms with Crippen LogP contribution in [0.4, 0.5) is 4.39 Å². The summed E-state index contributed by atoms with van der Waals surface area (Å²) >= 11 is 0. The molecule has 1 aliphatic heterocycles. The molecule has 1 aliphatic rings. The highest BCUT2D eigenvalue weighted by molar-refractivity contribution is 5.88. The summed E-state index contributed by atoms with van der Waals surface area (Å²) < 4.78 is 23.5. The molecule has 7 heteroatoms. The standard InChI is InChI=1S/C14H16FNO5/c15-10-5-9(14(18)19)6-12(7-10)21-8-13(17)16-11-1-3-20-4-2-11/h5-7,11H,1-4,8H2,(H,16,17)(H,18,19). The second-order valence-corrected chi connectivity index (χ2v) is 4.72. The minimum Gasteiger partial charge on any atom is -0.484 e. The summed E-state index contributed by atoms with van der Waals surface area (Å²) in [6.45, 7) is 0.926. The van der Waals surface area contributed by atoms with Crippen LogP contribution in [0.5, 0.6) is 5.75 Å². The smallest absolute Gasteiger partial charge is 0.335 e. The molecule has 0 saturated carbocycles. The van der Waals surface area contributed by atoms with Gasteiger partial charge in [0, 0.05) is 25.3 Å². The number of carboxylic acid groups (broad SMARTS) is 1. The van der Waals surface area contributed by atoms with Crippen molar-refractivity contribution < 1.29 is 28.6 Å². The fourth-order valence-corrected chi connectivity index (χ4v) is 2.03. The Kier molecular flexibility index (Phi) is 5.10. The summed E-state index contributed by atoms with van der Waals surface area (Å²) in [6, 6.07) is 3.15. The predicted octanol–water partition coefficient (Wildman–Crippen LogP) is 1.20. The molecular weight excluding hydrogens is 281 g/mol. The van der Waals surface area contributed by atoms with Crippen molar-refractivity contribution in [1.82, 2.24) is 5.32 Å². The molecule has 2 rings (SSSR count). The Morgan fingerprint density at radius 2 is 2.05 bits per heavy atom. The number of carbonyl (C=O) groups is 2. The number of aromatic carboxylic acids is 1. The van der Waals surface area contributed by atoms with Crippen LogP contribution in [0.3, 0.4) is 0 Å². The van der Waals surface area contributed by atoms with E-state index in [2.05, 4.69) is 5.32 Å². The van der Waals surface area contributed by atoms with Crippen LogP contribution in [0.2, 0.25) is 0 Å². The number of amides is 1. The summed E-state index contributed by atoms with van der Waals surface area (Å²) in [7, 11) is 0. The molecule has 0 bridgehead atoms. The highest BCUT2D eigenvalue weighted by Crippen LogP contribution is 2.16. The Labute approximate surface area is 120 Å². The molecule has 0 radical (unpaired) electrons. The van der Waals surface area contributed by atoms with E-state index < -0.39 is 11.8 Å². The Hall–Kier alpha value is -2.15. The molecule has 2 N–H and O–H groups in total. The molecule has 21 heavy (non-hydrogen) atoms. The average molecular weight is 297 g/mol. The van der Waals surface area contributed by atoms with Crippen molar-refractivity contribution in [2.45, 2.75) is 18.9 Å². The van der Waals surface area contributed by atoms with Gasteiger partial charge >= 0.3 is 5.97 Å². The Morgan fingerprint density at radius 3 is 2.71 bits per heavy atom. The first-order chi connectivity index (χ1) is 10.0. The normalized spacial score (nSPS) is 15.5. The number of benzene rings is 1. The minimum atomic E-state index is -1.26. The molecule has 1 amide bonds. The molecule has 6 nitrogen and oxygen atoms in total. The lowest BCUT2D eigenvalue weighted by atomic mass is 10.1. The predicted molar refractivity (Wildman–Crippen MR) is 70.8 cm³/mol. The van der Waals surface area contributed by atoms with E-state index in [4.69, 9.17) is 14.6 Å². The van der Waals surface area contributed by atoms with E-state index in [1.165, 1.54) is 6.07 Å². The number of carboxylic acids is 1. The summed E-state index contributed by atoms with van der Waals surface area (Å²) in [5.41, 5.74) is -0.227. The Morgan fingerprint density at radius 1 is 1.33 bits per heavy atom. The topological polar surface area (TPSA) is 84.9 Å². The van der Waals surface area contributed by atoms with Crippen molar-refractivity contribution >= 4 is 11.9 Å². The van der Waals surface area contributed by atoms with Gasteiger partial charge in [0.05, 0.1) is 5.56 Å². The van der Waals surface area contributed by atoms with Gasteiger partial charge in [-0.15, -0.1) is 0 Å². The van der Waals surface area contributed by atoms with Gasteiger partial charge in [-0.3, -0.25) is 4.79 Å². The van der Waals surface area contributed by atoms with Crippen LogP contribution in [0.15, 0.2) is 18.2 Å². The number of halogens is 1. The second kappa shape index (κ2) is 7.03. The largest absolute Gasteiger partial charge is 0.484 e. The number of ether oxygens (including phenoxy) is 2. The third-order valence-corrected chi connectivity index (χ3v) is 3.07. The molecule has 0 aromatic heterocycles. The van der Waals surface area contributed by atoms with Crippen molar-refractivity contribution in [3.8, 4) is 5.75 Å². The first-order valence-corrected chi connectivity index (χ1v) is 6.58. The molecule has 1 aromatic carbocycles. The summed E-state index contributed by atoms with van der Waals surface area (Å²) in [5.74, 6) is -2.31. The van der Waals surface area contributed by atoms with Gasteiger partial charge in [-0.2, -0.15) is 0 Å². The van der Waals surface area contributed by atoms with Gasteiger partial charge in [0.1, 0.15) is 11.6 Å². The zero-order valence-corrected chi connectivity index (χ0v) is 11.3. The van der Waals surface area contributed by atoms with Crippen molar-refractivity contribution in [3.63, 3.8) is 0 Å². The highest BCUT2D eigenvalue weighted by Gasteiger charge is 2.16. The fraction of sp³-hybridized carbons (Fsp3) is 0.429. The lowest BCUT2D eigenvalue weighted by Gasteiger charge is -2.23. The van der Waals surface area contributed by atoms with E-state index in [0.717, 1.165) is 25.0 Å². The van der Waals surface area contributed by atoms with E-state index in [9.17, 15) is 14.0 Å². The van der Waals surface area contributed by atoms with E-state index in [1.807, 2.05) is 0 Å². The summed E-state index contributed by atoms with van der Waals surface area (Å²) in [4.78, 5) is 22.5.